The molecule has 2 aromatic carbocycles. The molecule has 2 amide bonds. The molecule has 0 unspecified atom stereocenters. The molecule has 3 aromatic rings. The Morgan fingerprint density at radius 2 is 1.75 bits per heavy atom. The number of likely N-dealkylation sites (N-methyl/N-ethyl adjacent to an activating group) is 1. The van der Waals surface area contributed by atoms with Crippen LogP contribution in [0.4, 0.5) is 5.69 Å². The molecule has 40 heavy (non-hydrogen) atoms. The fourth-order valence-corrected chi connectivity index (χ4v) is 6.93. The number of nitrogens with zero attached hydrogens (tertiary/aromatic N) is 1. The van der Waals surface area contributed by atoms with Gasteiger partial charge >= 0.3 is 0 Å². The summed E-state index contributed by atoms with van der Waals surface area (Å²) in [6.45, 7) is 10.9. The van der Waals surface area contributed by atoms with Crippen molar-refractivity contribution in [2.24, 2.45) is 0 Å². The van der Waals surface area contributed by atoms with E-state index < -0.39 is 9.84 Å². The van der Waals surface area contributed by atoms with Gasteiger partial charge < -0.3 is 20.5 Å². The molecule has 0 aliphatic carbocycles. The number of sulfone groups is 1. The summed E-state index contributed by atoms with van der Waals surface area (Å²) in [5.74, 6) is -0.937. The predicted molar refractivity (Wildman–Crippen MR) is 161 cm³/mol. The average Bonchev–Trinajstić information content (AvgIpc) is 3.37. The van der Waals surface area contributed by atoms with Gasteiger partial charge in [0.15, 0.2) is 9.84 Å². The van der Waals surface area contributed by atoms with E-state index in [1.54, 1.807) is 30.3 Å². The lowest BCUT2D eigenvalue weighted by Crippen LogP contribution is -2.35. The van der Waals surface area contributed by atoms with E-state index in [1.165, 1.54) is 12.1 Å². The molecule has 212 valence electrons. The zero-order valence-electron chi connectivity index (χ0n) is 22.8. The number of anilines is 1. The first kappa shape index (κ1) is 29.9. The quantitative estimate of drug-likeness (QED) is 0.266. The molecule has 0 fully saturated rings. The van der Waals surface area contributed by atoms with Crippen LogP contribution in [0.5, 0.6) is 0 Å². The van der Waals surface area contributed by atoms with Crippen LogP contribution in [-0.4, -0.2) is 56.3 Å². The van der Waals surface area contributed by atoms with Crippen molar-refractivity contribution in [1.82, 2.24) is 15.2 Å². The molecule has 3 N–H and O–H groups in total. The van der Waals surface area contributed by atoms with Crippen LogP contribution in [0.3, 0.4) is 0 Å². The number of hydrogen-bond acceptors (Lipinski definition) is 5. The van der Waals surface area contributed by atoms with E-state index in [0.717, 1.165) is 19.6 Å². The Morgan fingerprint density at radius 3 is 2.40 bits per heavy atom. The molecular weight excluding hydrogens is 571 g/mol. The number of aryl methyl sites for hydroxylation is 1. The van der Waals surface area contributed by atoms with Crippen LogP contribution in [0.25, 0.3) is 11.6 Å². The molecule has 1 aromatic heterocycles. The van der Waals surface area contributed by atoms with Gasteiger partial charge in [0, 0.05) is 51.3 Å². The molecule has 0 spiro atoms. The molecule has 11 heteroatoms. The summed E-state index contributed by atoms with van der Waals surface area (Å²) in [4.78, 5) is 31.4. The maximum atomic E-state index is 13.3. The molecule has 0 bridgehead atoms. The SMILES string of the molecule is CCN(CC)CCNC(=O)c1c(C)[nH]c(C=C2C(=O)Nc3ccc(S(=O)(=O)Cc4c(Cl)cccc4Cl)cc32)c1C. The summed E-state index contributed by atoms with van der Waals surface area (Å²) in [6, 6.07) is 9.32. The zero-order valence-corrected chi connectivity index (χ0v) is 25.1. The van der Waals surface area contributed by atoms with E-state index in [0.29, 0.717) is 51.4 Å². The maximum Gasteiger partial charge on any atom is 0.256 e. The van der Waals surface area contributed by atoms with Crippen molar-refractivity contribution in [1.29, 1.82) is 0 Å². The van der Waals surface area contributed by atoms with Gasteiger partial charge in [-0.2, -0.15) is 0 Å². The number of hydrogen-bond donors (Lipinski definition) is 3. The smallest absolute Gasteiger partial charge is 0.256 e. The van der Waals surface area contributed by atoms with Crippen LogP contribution in [0.2, 0.25) is 10.0 Å². The number of nitrogens with one attached hydrogen (secondary N) is 3. The third-order valence-corrected chi connectivity index (χ3v) is 9.48. The summed E-state index contributed by atoms with van der Waals surface area (Å²) in [5.41, 5.74) is 4.06. The summed E-state index contributed by atoms with van der Waals surface area (Å²) >= 11 is 12.4. The highest BCUT2D eigenvalue weighted by molar-refractivity contribution is 7.90. The minimum atomic E-state index is -3.83. The zero-order chi connectivity index (χ0) is 29.2. The Balaban J connectivity index is 1.63. The summed E-state index contributed by atoms with van der Waals surface area (Å²) < 4.78 is 26.6. The van der Waals surface area contributed by atoms with Crippen molar-refractivity contribution in [3.63, 3.8) is 0 Å². The van der Waals surface area contributed by atoms with E-state index in [2.05, 4.69) is 34.4 Å². The molecular formula is C29H32Cl2N4O4S. The molecule has 1 aliphatic rings. The number of halogens is 2. The minimum absolute atomic E-state index is 0.0392. The van der Waals surface area contributed by atoms with Crippen molar-refractivity contribution in [2.45, 2.75) is 38.3 Å². The first-order chi connectivity index (χ1) is 19.0. The highest BCUT2D eigenvalue weighted by atomic mass is 35.5. The van der Waals surface area contributed by atoms with Crippen molar-refractivity contribution in [3.8, 4) is 0 Å². The molecule has 0 radical (unpaired) electrons. The molecule has 0 saturated carbocycles. The first-order valence-corrected chi connectivity index (χ1v) is 15.4. The number of carbonyl (C=O) groups is 2. The topological polar surface area (TPSA) is 111 Å². The van der Waals surface area contributed by atoms with Crippen molar-refractivity contribution >= 4 is 62.2 Å². The van der Waals surface area contributed by atoms with Gasteiger partial charge in [0.2, 0.25) is 0 Å². The van der Waals surface area contributed by atoms with Crippen molar-refractivity contribution < 1.29 is 18.0 Å². The Bertz CT molecular complexity index is 1590. The van der Waals surface area contributed by atoms with Crippen LogP contribution < -0.4 is 10.6 Å². The number of benzene rings is 2. The number of amides is 2. The molecule has 2 heterocycles. The number of aromatic amines is 1. The molecule has 1 aliphatic heterocycles. The standard InChI is InChI=1S/C29H32Cl2N4O4S/c1-5-35(6-2)13-12-32-29(37)27-17(3)26(33-18(27)4)15-21-20-14-19(10-11-25(20)34-28(21)36)40(38,39)16-22-23(30)8-7-9-24(22)31/h7-11,14-15,33H,5-6,12-13,16H2,1-4H3,(H,32,37)(H,34,36). The Hall–Kier alpha value is -3.11. The Labute approximate surface area is 244 Å². The molecule has 0 saturated heterocycles. The van der Waals surface area contributed by atoms with Crippen LogP contribution in [0.1, 0.15) is 52.3 Å². The molecule has 8 nitrogen and oxygen atoms in total. The van der Waals surface area contributed by atoms with Gasteiger partial charge in [-0.25, -0.2) is 8.42 Å². The molecule has 4 rings (SSSR count). The fourth-order valence-electron chi connectivity index (χ4n) is 4.81. The van der Waals surface area contributed by atoms with E-state index in [-0.39, 0.29) is 32.5 Å². The highest BCUT2D eigenvalue weighted by Gasteiger charge is 2.28. The van der Waals surface area contributed by atoms with Gasteiger partial charge in [-0.3, -0.25) is 9.59 Å². The normalized spacial score (nSPS) is 14.1. The number of rotatable bonds is 10. The first-order valence-electron chi connectivity index (χ1n) is 13.0. The second-order valence-electron chi connectivity index (χ2n) is 9.63. The van der Waals surface area contributed by atoms with E-state index in [9.17, 15) is 18.0 Å². The molecule has 0 atom stereocenters. The lowest BCUT2D eigenvalue weighted by molar-refractivity contribution is -0.110. The third-order valence-electron chi connectivity index (χ3n) is 7.13. The maximum absolute atomic E-state index is 13.3. The highest BCUT2D eigenvalue weighted by Crippen LogP contribution is 2.37. The Morgan fingerprint density at radius 1 is 1.07 bits per heavy atom. The van der Waals surface area contributed by atoms with Crippen molar-refractivity contribution in [3.05, 3.63) is 80.1 Å². The summed E-state index contributed by atoms with van der Waals surface area (Å²) in [6.07, 6.45) is 1.65. The summed E-state index contributed by atoms with van der Waals surface area (Å²) in [5, 5.41) is 6.29. The van der Waals surface area contributed by atoms with Crippen LogP contribution in [0.15, 0.2) is 41.3 Å². The summed E-state index contributed by atoms with van der Waals surface area (Å²) in [7, 11) is -3.83. The largest absolute Gasteiger partial charge is 0.358 e. The number of fused-ring (bicyclic) bond motifs is 1. The van der Waals surface area contributed by atoms with Gasteiger partial charge in [0.25, 0.3) is 11.8 Å². The number of aromatic nitrogens is 1. The lowest BCUT2D eigenvalue weighted by Gasteiger charge is -2.18. The lowest BCUT2D eigenvalue weighted by atomic mass is 10.0. The van der Waals surface area contributed by atoms with E-state index >= 15 is 0 Å². The predicted octanol–water partition coefficient (Wildman–Crippen LogP) is 5.48. The third kappa shape index (κ3) is 6.12. The fraction of sp³-hybridized carbons (Fsp3) is 0.310. The monoisotopic (exact) mass is 602 g/mol. The second kappa shape index (κ2) is 12.2. The van der Waals surface area contributed by atoms with Crippen LogP contribution in [0, 0.1) is 13.8 Å². The van der Waals surface area contributed by atoms with E-state index in [4.69, 9.17) is 23.2 Å². The van der Waals surface area contributed by atoms with Gasteiger partial charge in [0.05, 0.1) is 21.8 Å². The minimum Gasteiger partial charge on any atom is -0.358 e. The van der Waals surface area contributed by atoms with E-state index in [1.807, 2.05) is 13.8 Å². The second-order valence-corrected chi connectivity index (χ2v) is 12.4. The van der Waals surface area contributed by atoms with Gasteiger partial charge in [0.1, 0.15) is 0 Å². The van der Waals surface area contributed by atoms with Gasteiger partial charge in [-0.1, -0.05) is 43.1 Å². The average molecular weight is 604 g/mol. The number of H-pyrrole nitrogens is 1. The van der Waals surface area contributed by atoms with Crippen LogP contribution in [-0.2, 0) is 20.4 Å². The Kier molecular flexibility index (Phi) is 9.09. The number of carbonyl (C=O) groups excluding carboxylic acids is 2. The van der Waals surface area contributed by atoms with Gasteiger partial charge in [-0.05, 0) is 68.9 Å². The van der Waals surface area contributed by atoms with Crippen LogP contribution >= 0.6 is 23.2 Å². The van der Waals surface area contributed by atoms with Gasteiger partial charge in [-0.15, -0.1) is 0 Å². The van der Waals surface area contributed by atoms with Crippen molar-refractivity contribution in [2.75, 3.05) is 31.5 Å².